The Morgan fingerprint density at radius 3 is 1.62 bits per heavy atom. The molecule has 1 saturated heterocycles. The van der Waals surface area contributed by atoms with Gasteiger partial charge in [0.2, 0.25) is 0 Å². The van der Waals surface area contributed by atoms with Crippen LogP contribution in [0.5, 0.6) is 0 Å². The van der Waals surface area contributed by atoms with Crippen molar-refractivity contribution < 1.29 is 0 Å². The summed E-state index contributed by atoms with van der Waals surface area (Å²) in [5.74, 6) is 0. The Bertz CT molecular complexity index is 1070. The smallest absolute Gasteiger partial charge is 0.0487 e. The maximum atomic E-state index is 5.38. The van der Waals surface area contributed by atoms with E-state index in [0.29, 0.717) is 5.70 Å². The maximum Gasteiger partial charge on any atom is 0.0487 e. The summed E-state index contributed by atoms with van der Waals surface area (Å²) in [6, 6.07) is 8.37. The number of benzene rings is 1. The van der Waals surface area contributed by atoms with Gasteiger partial charge in [-0.25, -0.2) is 0 Å². The lowest BCUT2D eigenvalue weighted by Gasteiger charge is -2.42. The number of rotatable bonds is 11. The molecule has 6 heteroatoms. The van der Waals surface area contributed by atoms with E-state index in [-0.39, 0.29) is 0 Å². The first-order valence-corrected chi connectivity index (χ1v) is 17.7. The van der Waals surface area contributed by atoms with Gasteiger partial charge in [0.05, 0.1) is 0 Å². The summed E-state index contributed by atoms with van der Waals surface area (Å²) in [5.41, 5.74) is 20.3. The van der Waals surface area contributed by atoms with E-state index in [0.717, 1.165) is 41.0 Å². The fraction of sp³-hybridized carbons (Fsp3) is 0.571. The van der Waals surface area contributed by atoms with Crippen molar-refractivity contribution in [1.82, 2.24) is 9.80 Å². The molecule has 0 amide bonds. The average molecular weight is 667 g/mol. The molecule has 0 aliphatic carbocycles. The van der Waals surface area contributed by atoms with E-state index in [9.17, 15) is 0 Å². The Morgan fingerprint density at radius 1 is 0.875 bits per heavy atom. The number of hydrogen-bond donors (Lipinski definition) is 2. The molecule has 0 spiro atoms. The Labute approximate surface area is 299 Å². The first-order valence-electron chi connectivity index (χ1n) is 17.7. The molecule has 0 radical (unpaired) electrons. The monoisotopic (exact) mass is 667 g/mol. The molecule has 1 aliphatic heterocycles. The van der Waals surface area contributed by atoms with Crippen molar-refractivity contribution in [3.8, 4) is 0 Å². The van der Waals surface area contributed by atoms with E-state index in [1.165, 1.54) is 74.0 Å². The molecule has 1 heterocycles. The van der Waals surface area contributed by atoms with Crippen molar-refractivity contribution in [2.24, 2.45) is 21.7 Å². The highest BCUT2D eigenvalue weighted by molar-refractivity contribution is 5.65. The molecule has 0 aromatic heterocycles. The van der Waals surface area contributed by atoms with Gasteiger partial charge in [-0.2, -0.15) is 10.2 Å². The fourth-order valence-electron chi connectivity index (χ4n) is 4.81. The van der Waals surface area contributed by atoms with Gasteiger partial charge in [0.1, 0.15) is 0 Å². The Kier molecular flexibility index (Phi) is 34.8. The Hall–Kier alpha value is -3.22. The van der Waals surface area contributed by atoms with Gasteiger partial charge < -0.3 is 11.5 Å². The third-order valence-corrected chi connectivity index (χ3v) is 8.04. The average Bonchev–Trinajstić information content (AvgIpc) is 3.08. The van der Waals surface area contributed by atoms with Crippen molar-refractivity contribution in [2.45, 2.75) is 127 Å². The quantitative estimate of drug-likeness (QED) is 0.140. The lowest BCUT2D eigenvalue weighted by atomic mass is 9.96. The van der Waals surface area contributed by atoms with Gasteiger partial charge >= 0.3 is 0 Å². The zero-order chi connectivity index (χ0) is 38.4. The summed E-state index contributed by atoms with van der Waals surface area (Å²) in [6.45, 7) is 48.6. The lowest BCUT2D eigenvalue weighted by Crippen LogP contribution is -2.49. The largest absolute Gasteiger partial charge is 0.402 e. The molecule has 0 bridgehead atoms. The van der Waals surface area contributed by atoms with E-state index in [1.807, 2.05) is 34.6 Å². The van der Waals surface area contributed by atoms with Gasteiger partial charge in [-0.3, -0.25) is 9.80 Å². The molecule has 48 heavy (non-hydrogen) atoms. The van der Waals surface area contributed by atoms with Crippen LogP contribution >= 0.6 is 0 Å². The number of allylic oxidation sites excluding steroid dienone is 5. The summed E-state index contributed by atoms with van der Waals surface area (Å²) < 4.78 is 0. The summed E-state index contributed by atoms with van der Waals surface area (Å²) >= 11 is 0. The first kappa shape index (κ1) is 51.6. The second kappa shape index (κ2) is 32.3. The third-order valence-electron chi connectivity index (χ3n) is 8.04. The molecule has 1 fully saturated rings. The predicted octanol–water partition coefficient (Wildman–Crippen LogP) is 11.3. The van der Waals surface area contributed by atoms with Gasteiger partial charge in [0.25, 0.3) is 0 Å². The molecule has 1 aromatic rings. The van der Waals surface area contributed by atoms with Crippen molar-refractivity contribution in [3.63, 3.8) is 0 Å². The van der Waals surface area contributed by atoms with Crippen LogP contribution in [0.1, 0.15) is 118 Å². The third kappa shape index (κ3) is 24.0. The minimum atomic E-state index is 0.546. The molecule has 0 atom stereocenters. The van der Waals surface area contributed by atoms with Crippen molar-refractivity contribution >= 4 is 5.57 Å². The van der Waals surface area contributed by atoms with Crippen LogP contribution in [-0.2, 0) is 6.54 Å². The number of likely N-dealkylation sites (tertiary alicyclic amines) is 1. The van der Waals surface area contributed by atoms with Gasteiger partial charge in [-0.05, 0) is 110 Å². The highest BCUT2D eigenvalue weighted by atomic mass is 15.2. The number of nitrogens with zero attached hydrogens (tertiary/aromatic N) is 4. The van der Waals surface area contributed by atoms with Crippen LogP contribution in [0.25, 0.3) is 5.57 Å². The highest BCUT2D eigenvalue weighted by Crippen LogP contribution is 2.25. The van der Waals surface area contributed by atoms with E-state index >= 15 is 0 Å². The lowest BCUT2D eigenvalue weighted by molar-refractivity contribution is 0.0669. The summed E-state index contributed by atoms with van der Waals surface area (Å²) in [5, 5.41) is 6.72. The van der Waals surface area contributed by atoms with Crippen molar-refractivity contribution in [2.75, 3.05) is 33.7 Å². The number of nitrogens with two attached hydrogens (primary N) is 2. The topological polar surface area (TPSA) is 83.2 Å². The first-order chi connectivity index (χ1) is 22.6. The second-order valence-electron chi connectivity index (χ2n) is 12.0. The number of azo groups is 1. The van der Waals surface area contributed by atoms with Gasteiger partial charge in [0, 0.05) is 44.1 Å². The van der Waals surface area contributed by atoms with Crippen LogP contribution in [0.3, 0.4) is 0 Å². The predicted molar refractivity (Wildman–Crippen MR) is 220 cm³/mol. The normalized spacial score (nSPS) is 13.1. The van der Waals surface area contributed by atoms with E-state index in [2.05, 4.69) is 112 Å². The van der Waals surface area contributed by atoms with Crippen LogP contribution in [0, 0.1) is 6.92 Å². The number of aryl methyl sites for hydroxylation is 1. The summed E-state index contributed by atoms with van der Waals surface area (Å²) in [7, 11) is 3.28. The van der Waals surface area contributed by atoms with E-state index in [1.54, 1.807) is 21.0 Å². The van der Waals surface area contributed by atoms with Crippen LogP contribution in [0.15, 0.2) is 96.0 Å². The molecule has 0 saturated carbocycles. The maximum absolute atomic E-state index is 5.38. The minimum Gasteiger partial charge on any atom is -0.402 e. The van der Waals surface area contributed by atoms with Crippen LogP contribution in [-0.4, -0.2) is 55.6 Å². The summed E-state index contributed by atoms with van der Waals surface area (Å²) in [6.07, 6.45) is 6.45. The van der Waals surface area contributed by atoms with Crippen molar-refractivity contribution in [3.05, 3.63) is 102 Å². The summed E-state index contributed by atoms with van der Waals surface area (Å²) in [4.78, 5) is 5.47. The van der Waals surface area contributed by atoms with Crippen LogP contribution in [0.2, 0.25) is 0 Å². The number of piperidine rings is 1. The SMILES string of the molecule is C=C.C=C(C)C(=C)C.C=C(C)c1cc(C)ccc1CN1CCC(N(CCC)C(CC)CC)CC1.C=C(N)/C(C)=C(/C)N.CC.CN=NC. The van der Waals surface area contributed by atoms with Gasteiger partial charge in [-0.15, -0.1) is 13.2 Å². The molecule has 276 valence electrons. The minimum absolute atomic E-state index is 0.546. The zero-order valence-corrected chi connectivity index (χ0v) is 33.9. The standard InChI is InChI=1S/C24H40N2.C6H12N2.C6H10.C2H6N2.C2H6.C2H4/c1-7-14-26(22(8-2)9-3)23-12-15-25(16-13-23)18-21-11-10-20(6)17-24(21)19(4)5;1-4(5(2)7)6(3)8;1-5(2)6(3)4;1-3-4-2;2*1-2/h10-11,17,22-23H,4,7-9,12-16,18H2,1-3,5-6H3;2,7-8H2,1,3H3;1,3H2,2,4H3;1-2H3;1-2H3;1-2H2/b;6-4-;;;;. The molecular formula is C42H78N6. The van der Waals surface area contributed by atoms with Crippen LogP contribution in [0.4, 0.5) is 0 Å². The molecule has 1 aliphatic rings. The zero-order valence-electron chi connectivity index (χ0n) is 33.9. The molecule has 0 unspecified atom stereocenters. The Morgan fingerprint density at radius 2 is 1.33 bits per heavy atom. The van der Waals surface area contributed by atoms with E-state index < -0.39 is 0 Å². The molecule has 1 aromatic carbocycles. The van der Waals surface area contributed by atoms with E-state index in [4.69, 9.17) is 11.5 Å². The van der Waals surface area contributed by atoms with Gasteiger partial charge in [0.15, 0.2) is 0 Å². The van der Waals surface area contributed by atoms with Crippen LogP contribution < -0.4 is 11.5 Å². The second-order valence-corrected chi connectivity index (χ2v) is 12.0. The van der Waals surface area contributed by atoms with Crippen molar-refractivity contribution in [1.29, 1.82) is 0 Å². The molecule has 2 rings (SSSR count). The van der Waals surface area contributed by atoms with Gasteiger partial charge in [-0.1, -0.05) is 101 Å². The fourth-order valence-corrected chi connectivity index (χ4v) is 4.81. The molecule has 4 N–H and O–H groups in total. The molecule has 6 nitrogen and oxygen atoms in total. The highest BCUT2D eigenvalue weighted by Gasteiger charge is 2.27. The number of hydrogen-bond acceptors (Lipinski definition) is 6. The Balaban J connectivity index is -0.000000359. The molecular weight excluding hydrogens is 589 g/mol.